The van der Waals surface area contributed by atoms with Gasteiger partial charge < -0.3 is 19.7 Å². The number of ether oxygens (including phenoxy) is 2. The van der Waals surface area contributed by atoms with E-state index in [1.807, 2.05) is 0 Å². The number of carbonyl (C=O) groups is 1. The Hall–Kier alpha value is -3.96. The number of aromatic nitrogens is 2. The van der Waals surface area contributed by atoms with Gasteiger partial charge >= 0.3 is 17.8 Å². The number of hydrogen-bond acceptors (Lipinski definition) is 5. The molecular weight excluding hydrogens is 541 g/mol. The van der Waals surface area contributed by atoms with Crippen LogP contribution in [0.4, 0.5) is 13.2 Å². The van der Waals surface area contributed by atoms with Crippen LogP contribution in [0.5, 0.6) is 17.2 Å². The fourth-order valence-electron chi connectivity index (χ4n) is 4.44. The van der Waals surface area contributed by atoms with E-state index in [0.717, 1.165) is 12.1 Å². The molecule has 1 heterocycles. The molecule has 3 aromatic carbocycles. The Labute approximate surface area is 225 Å². The number of hydrogen-bond donors (Lipinski definition) is 2. The number of benzene rings is 3. The van der Waals surface area contributed by atoms with Crippen LogP contribution in [0.25, 0.3) is 11.0 Å². The van der Waals surface area contributed by atoms with Gasteiger partial charge in [-0.1, -0.05) is 30.7 Å². The second-order valence-corrected chi connectivity index (χ2v) is 9.44. The van der Waals surface area contributed by atoms with Crippen LogP contribution in [0, 0.1) is 0 Å². The average Bonchev–Trinajstić information content (AvgIpc) is 3.10. The molecule has 0 aliphatic rings. The Morgan fingerprint density at radius 1 is 0.949 bits per heavy atom. The number of aliphatic hydroxyl groups is 1. The van der Waals surface area contributed by atoms with Gasteiger partial charge in [-0.25, -0.2) is 9.59 Å². The SMILES string of the molecule is CC(c1ccc(Oc2ccc(OCC(=O)O)cc2)cc1Cl)C(O)(c1ccc2c(c1)n(C)c(=O)n2C)C(F)(F)F. The Kier molecular flexibility index (Phi) is 7.42. The van der Waals surface area contributed by atoms with Crippen molar-refractivity contribution in [1.29, 1.82) is 0 Å². The van der Waals surface area contributed by atoms with Gasteiger partial charge in [0.1, 0.15) is 17.2 Å². The number of fused-ring (bicyclic) bond motifs is 1. The van der Waals surface area contributed by atoms with Gasteiger partial charge in [0.2, 0.25) is 0 Å². The molecule has 4 rings (SSSR count). The van der Waals surface area contributed by atoms with Crippen molar-refractivity contribution in [2.45, 2.75) is 24.6 Å². The highest BCUT2D eigenvalue weighted by Gasteiger charge is 2.59. The van der Waals surface area contributed by atoms with Crippen molar-refractivity contribution in [3.8, 4) is 17.2 Å². The summed E-state index contributed by atoms with van der Waals surface area (Å²) in [5, 5.41) is 19.9. The van der Waals surface area contributed by atoms with E-state index in [-0.39, 0.29) is 21.9 Å². The Morgan fingerprint density at radius 3 is 2.13 bits per heavy atom. The van der Waals surface area contributed by atoms with Crippen molar-refractivity contribution in [3.63, 3.8) is 0 Å². The maximum Gasteiger partial charge on any atom is 0.422 e. The number of alkyl halides is 3. The highest BCUT2D eigenvalue weighted by Crippen LogP contribution is 2.50. The number of aliphatic carboxylic acids is 1. The summed E-state index contributed by atoms with van der Waals surface area (Å²) in [5.41, 5.74) is -3.48. The molecule has 4 aromatic rings. The highest BCUT2D eigenvalue weighted by molar-refractivity contribution is 6.31. The predicted octanol–water partition coefficient (Wildman–Crippen LogP) is 5.34. The van der Waals surface area contributed by atoms with Crippen molar-refractivity contribution in [2.75, 3.05) is 6.61 Å². The Morgan fingerprint density at radius 2 is 1.54 bits per heavy atom. The molecule has 0 spiro atoms. The number of halogens is 4. The molecule has 206 valence electrons. The molecule has 2 atom stereocenters. The molecule has 0 aliphatic carbocycles. The van der Waals surface area contributed by atoms with Crippen LogP contribution in [-0.4, -0.2) is 38.1 Å². The molecule has 39 heavy (non-hydrogen) atoms. The standard InChI is InChI=1S/C27H24ClF3N2O6/c1-15(26(37,27(29,30)31)16-4-11-22-23(12-16)33(3)25(36)32(22)2)20-10-9-19(13-21(20)28)39-18-7-5-17(6-8-18)38-14-24(34)35/h4-13,15,37H,14H2,1-3H3,(H,34,35). The summed E-state index contributed by atoms with van der Waals surface area (Å²) in [4.78, 5) is 22.9. The van der Waals surface area contributed by atoms with E-state index in [1.54, 1.807) is 0 Å². The molecule has 1 aromatic heterocycles. The first kappa shape index (κ1) is 28.1. The van der Waals surface area contributed by atoms with E-state index in [1.165, 1.54) is 78.7 Å². The molecule has 0 bridgehead atoms. The maximum absolute atomic E-state index is 14.5. The number of carboxylic acid groups (broad SMARTS) is 1. The van der Waals surface area contributed by atoms with Crippen LogP contribution in [0.2, 0.25) is 5.02 Å². The second kappa shape index (κ2) is 10.3. The van der Waals surface area contributed by atoms with Crippen LogP contribution in [0.15, 0.2) is 65.5 Å². The number of imidazole rings is 1. The van der Waals surface area contributed by atoms with Crippen molar-refractivity contribution in [2.24, 2.45) is 14.1 Å². The largest absolute Gasteiger partial charge is 0.482 e. The minimum atomic E-state index is -5.09. The van der Waals surface area contributed by atoms with Crippen molar-refractivity contribution < 1.29 is 37.7 Å². The number of aryl methyl sites for hydroxylation is 2. The summed E-state index contributed by atoms with van der Waals surface area (Å²) in [5.74, 6) is -1.77. The predicted molar refractivity (Wildman–Crippen MR) is 138 cm³/mol. The minimum Gasteiger partial charge on any atom is -0.482 e. The lowest BCUT2D eigenvalue weighted by molar-refractivity contribution is -0.274. The first-order valence-electron chi connectivity index (χ1n) is 11.6. The van der Waals surface area contributed by atoms with E-state index in [2.05, 4.69) is 0 Å². The highest BCUT2D eigenvalue weighted by atomic mass is 35.5. The second-order valence-electron chi connectivity index (χ2n) is 9.03. The molecule has 2 unspecified atom stereocenters. The minimum absolute atomic E-state index is 0.0308. The van der Waals surface area contributed by atoms with Crippen LogP contribution >= 0.6 is 11.6 Å². The molecule has 0 aliphatic heterocycles. The summed E-state index contributed by atoms with van der Waals surface area (Å²) in [6, 6.07) is 13.8. The number of carboxylic acids is 1. The van der Waals surface area contributed by atoms with Crippen molar-refractivity contribution in [1.82, 2.24) is 9.13 Å². The monoisotopic (exact) mass is 564 g/mol. The fraction of sp³-hybridized carbons (Fsp3) is 0.259. The van der Waals surface area contributed by atoms with Gasteiger partial charge in [-0.3, -0.25) is 9.13 Å². The van der Waals surface area contributed by atoms with E-state index in [0.29, 0.717) is 17.0 Å². The van der Waals surface area contributed by atoms with E-state index in [9.17, 15) is 27.9 Å². The molecular formula is C27H24ClF3N2O6. The lowest BCUT2D eigenvalue weighted by Crippen LogP contribution is -2.46. The third-order valence-electron chi connectivity index (χ3n) is 6.63. The molecule has 12 heteroatoms. The van der Waals surface area contributed by atoms with Crippen LogP contribution in [0.1, 0.15) is 24.0 Å². The average molecular weight is 565 g/mol. The van der Waals surface area contributed by atoms with Gasteiger partial charge in [-0.15, -0.1) is 0 Å². The zero-order valence-corrected chi connectivity index (χ0v) is 21.7. The zero-order chi connectivity index (χ0) is 28.7. The smallest absolute Gasteiger partial charge is 0.422 e. The van der Waals surface area contributed by atoms with Crippen molar-refractivity contribution in [3.05, 3.63) is 87.3 Å². The van der Waals surface area contributed by atoms with Crippen LogP contribution in [-0.2, 0) is 24.5 Å². The molecule has 8 nitrogen and oxygen atoms in total. The first-order chi connectivity index (χ1) is 18.2. The molecule has 0 saturated heterocycles. The van der Waals surface area contributed by atoms with E-state index < -0.39 is 41.5 Å². The summed E-state index contributed by atoms with van der Waals surface area (Å²) < 4.78 is 56.8. The quantitative estimate of drug-likeness (QED) is 0.299. The van der Waals surface area contributed by atoms with E-state index >= 15 is 0 Å². The normalized spacial score (nSPS) is 14.2. The molecule has 0 saturated carbocycles. The maximum atomic E-state index is 14.5. The van der Waals surface area contributed by atoms with Crippen LogP contribution < -0.4 is 15.2 Å². The van der Waals surface area contributed by atoms with Gasteiger partial charge in [0, 0.05) is 25.0 Å². The Bertz CT molecular complexity index is 1600. The molecule has 0 amide bonds. The number of nitrogens with zero attached hydrogens (tertiary/aromatic N) is 2. The van der Waals surface area contributed by atoms with E-state index in [4.69, 9.17) is 26.2 Å². The van der Waals surface area contributed by atoms with Crippen LogP contribution in [0.3, 0.4) is 0 Å². The van der Waals surface area contributed by atoms with Gasteiger partial charge in [0.15, 0.2) is 12.2 Å². The molecule has 0 radical (unpaired) electrons. The first-order valence-corrected chi connectivity index (χ1v) is 12.0. The lowest BCUT2D eigenvalue weighted by Gasteiger charge is -2.37. The number of rotatable bonds is 8. The zero-order valence-electron chi connectivity index (χ0n) is 21.0. The third kappa shape index (κ3) is 5.19. The molecule has 2 N–H and O–H groups in total. The van der Waals surface area contributed by atoms with Gasteiger partial charge in [-0.2, -0.15) is 13.2 Å². The summed E-state index contributed by atoms with van der Waals surface area (Å²) in [6.45, 7) is 0.719. The molecule has 0 fully saturated rings. The van der Waals surface area contributed by atoms with Gasteiger partial charge in [-0.05, 0) is 59.7 Å². The summed E-state index contributed by atoms with van der Waals surface area (Å²) >= 11 is 6.39. The fourth-order valence-corrected chi connectivity index (χ4v) is 4.77. The van der Waals surface area contributed by atoms with Gasteiger partial charge in [0.25, 0.3) is 0 Å². The topological polar surface area (TPSA) is 103 Å². The van der Waals surface area contributed by atoms with Gasteiger partial charge in [0.05, 0.1) is 11.0 Å². The lowest BCUT2D eigenvalue weighted by atomic mass is 9.77. The third-order valence-corrected chi connectivity index (χ3v) is 6.96. The summed E-state index contributed by atoms with van der Waals surface area (Å²) in [6.07, 6.45) is -5.09. The Balaban J connectivity index is 1.65. The summed E-state index contributed by atoms with van der Waals surface area (Å²) in [7, 11) is 2.95. The van der Waals surface area contributed by atoms with Crippen molar-refractivity contribution >= 4 is 28.6 Å².